The van der Waals surface area contributed by atoms with E-state index in [2.05, 4.69) is 55.5 Å². The van der Waals surface area contributed by atoms with Gasteiger partial charge in [-0.15, -0.1) is 0 Å². The average molecular weight is 246 g/mol. The molecule has 1 aliphatic rings. The SMILES string of the molecule is CNCC1(c2cccc(C)c2)CCCN(C)CC1. The number of nitrogens with zero attached hydrogens (tertiary/aromatic N) is 1. The minimum Gasteiger partial charge on any atom is -0.319 e. The van der Waals surface area contributed by atoms with Gasteiger partial charge in [0.2, 0.25) is 0 Å². The lowest BCUT2D eigenvalue weighted by Crippen LogP contribution is -2.37. The summed E-state index contributed by atoms with van der Waals surface area (Å²) in [6, 6.07) is 9.09. The molecule has 0 bridgehead atoms. The van der Waals surface area contributed by atoms with Gasteiger partial charge in [-0.2, -0.15) is 0 Å². The number of aryl methyl sites for hydroxylation is 1. The van der Waals surface area contributed by atoms with Crippen LogP contribution in [0, 0.1) is 6.92 Å². The normalized spacial score (nSPS) is 25.9. The van der Waals surface area contributed by atoms with Crippen molar-refractivity contribution in [2.24, 2.45) is 0 Å². The maximum absolute atomic E-state index is 3.42. The molecule has 0 aliphatic carbocycles. The number of benzene rings is 1. The van der Waals surface area contributed by atoms with E-state index in [1.165, 1.54) is 43.5 Å². The van der Waals surface area contributed by atoms with Gasteiger partial charge in [0.05, 0.1) is 0 Å². The summed E-state index contributed by atoms with van der Waals surface area (Å²) in [6.07, 6.45) is 3.85. The zero-order valence-corrected chi connectivity index (χ0v) is 12.0. The highest BCUT2D eigenvalue weighted by atomic mass is 15.1. The summed E-state index contributed by atoms with van der Waals surface area (Å²) < 4.78 is 0. The van der Waals surface area contributed by atoms with Crippen LogP contribution in [0.2, 0.25) is 0 Å². The molecule has 1 fully saturated rings. The molecule has 100 valence electrons. The summed E-state index contributed by atoms with van der Waals surface area (Å²) >= 11 is 0. The summed E-state index contributed by atoms with van der Waals surface area (Å²) in [5.74, 6) is 0. The Morgan fingerprint density at radius 2 is 2.11 bits per heavy atom. The number of hydrogen-bond acceptors (Lipinski definition) is 2. The van der Waals surface area contributed by atoms with Crippen LogP contribution in [0.25, 0.3) is 0 Å². The second-order valence-corrected chi connectivity index (χ2v) is 5.84. The minimum absolute atomic E-state index is 0.325. The van der Waals surface area contributed by atoms with Crippen molar-refractivity contribution in [3.05, 3.63) is 35.4 Å². The Kier molecular flexibility index (Phi) is 4.41. The maximum atomic E-state index is 3.42. The lowest BCUT2D eigenvalue weighted by molar-refractivity contribution is 0.321. The van der Waals surface area contributed by atoms with E-state index in [9.17, 15) is 0 Å². The third kappa shape index (κ3) is 2.93. The molecule has 0 amide bonds. The molecule has 1 aromatic rings. The molecule has 1 atom stereocenters. The largest absolute Gasteiger partial charge is 0.319 e. The monoisotopic (exact) mass is 246 g/mol. The smallest absolute Gasteiger partial charge is 0.00903 e. The van der Waals surface area contributed by atoms with Gasteiger partial charge in [0.25, 0.3) is 0 Å². The van der Waals surface area contributed by atoms with E-state index in [0.29, 0.717) is 5.41 Å². The third-order valence-electron chi connectivity index (χ3n) is 4.31. The van der Waals surface area contributed by atoms with Gasteiger partial charge in [0.1, 0.15) is 0 Å². The molecule has 0 radical (unpaired) electrons. The van der Waals surface area contributed by atoms with Crippen molar-refractivity contribution in [1.29, 1.82) is 0 Å². The maximum Gasteiger partial charge on any atom is 0.00903 e. The van der Waals surface area contributed by atoms with Crippen molar-refractivity contribution in [2.75, 3.05) is 33.7 Å². The van der Waals surface area contributed by atoms with Crippen LogP contribution in [0.5, 0.6) is 0 Å². The molecular formula is C16H26N2. The first-order valence-electron chi connectivity index (χ1n) is 7.07. The molecule has 0 aromatic heterocycles. The van der Waals surface area contributed by atoms with Gasteiger partial charge in [-0.25, -0.2) is 0 Å². The second-order valence-electron chi connectivity index (χ2n) is 5.84. The van der Waals surface area contributed by atoms with Crippen molar-refractivity contribution >= 4 is 0 Å². The highest BCUT2D eigenvalue weighted by Crippen LogP contribution is 2.35. The molecule has 18 heavy (non-hydrogen) atoms. The molecule has 1 aliphatic heterocycles. The molecule has 2 nitrogen and oxygen atoms in total. The second kappa shape index (κ2) is 5.85. The van der Waals surface area contributed by atoms with Crippen molar-refractivity contribution in [3.63, 3.8) is 0 Å². The van der Waals surface area contributed by atoms with Crippen molar-refractivity contribution in [1.82, 2.24) is 10.2 Å². The quantitative estimate of drug-likeness (QED) is 0.882. The van der Waals surface area contributed by atoms with Crippen molar-refractivity contribution in [2.45, 2.75) is 31.6 Å². The Morgan fingerprint density at radius 3 is 2.83 bits per heavy atom. The van der Waals surface area contributed by atoms with Crippen molar-refractivity contribution in [3.8, 4) is 0 Å². The number of hydrogen-bond donors (Lipinski definition) is 1. The number of rotatable bonds is 3. The molecular weight excluding hydrogens is 220 g/mol. The van der Waals surface area contributed by atoms with Gasteiger partial charge in [-0.3, -0.25) is 0 Å². The fraction of sp³-hybridized carbons (Fsp3) is 0.625. The lowest BCUT2D eigenvalue weighted by atomic mass is 9.74. The van der Waals surface area contributed by atoms with Crippen LogP contribution < -0.4 is 5.32 Å². The molecule has 1 saturated heterocycles. The van der Waals surface area contributed by atoms with Gasteiger partial charge in [0.15, 0.2) is 0 Å². The molecule has 1 unspecified atom stereocenters. The summed E-state index contributed by atoms with van der Waals surface area (Å²) in [6.45, 7) is 5.72. The lowest BCUT2D eigenvalue weighted by Gasteiger charge is -2.33. The molecule has 1 N–H and O–H groups in total. The highest BCUT2D eigenvalue weighted by Gasteiger charge is 2.33. The predicted molar refractivity (Wildman–Crippen MR) is 78.1 cm³/mol. The van der Waals surface area contributed by atoms with Crippen LogP contribution in [0.1, 0.15) is 30.4 Å². The van der Waals surface area contributed by atoms with E-state index in [1.54, 1.807) is 0 Å². The molecule has 0 saturated carbocycles. The van der Waals surface area contributed by atoms with Crippen molar-refractivity contribution < 1.29 is 0 Å². The summed E-state index contributed by atoms with van der Waals surface area (Å²) in [7, 11) is 4.32. The Labute approximate surface area is 111 Å². The first-order valence-corrected chi connectivity index (χ1v) is 7.07. The Hall–Kier alpha value is -0.860. The minimum atomic E-state index is 0.325. The fourth-order valence-corrected chi connectivity index (χ4v) is 3.21. The van der Waals surface area contributed by atoms with Gasteiger partial charge in [-0.1, -0.05) is 29.8 Å². The Morgan fingerprint density at radius 1 is 1.28 bits per heavy atom. The van der Waals surface area contributed by atoms with Gasteiger partial charge in [0, 0.05) is 12.0 Å². The standard InChI is InChI=1S/C16H26N2/c1-14-6-4-7-15(12-14)16(13-17-2)8-5-10-18(3)11-9-16/h4,6-7,12,17H,5,8-11,13H2,1-3H3. The molecule has 2 heteroatoms. The summed E-state index contributed by atoms with van der Waals surface area (Å²) in [5, 5.41) is 3.42. The number of likely N-dealkylation sites (N-methyl/N-ethyl adjacent to an activating group) is 1. The molecule has 1 heterocycles. The number of nitrogens with one attached hydrogen (secondary N) is 1. The van der Waals surface area contributed by atoms with Crippen LogP contribution in [0.15, 0.2) is 24.3 Å². The zero-order chi connectivity index (χ0) is 13.0. The average Bonchev–Trinajstić information content (AvgIpc) is 2.53. The Balaban J connectivity index is 2.30. The topological polar surface area (TPSA) is 15.3 Å². The van der Waals surface area contributed by atoms with Crippen LogP contribution in [0.4, 0.5) is 0 Å². The van der Waals surface area contributed by atoms with Crippen LogP contribution in [-0.4, -0.2) is 38.6 Å². The van der Waals surface area contributed by atoms with Gasteiger partial charge >= 0.3 is 0 Å². The summed E-state index contributed by atoms with van der Waals surface area (Å²) in [4.78, 5) is 2.47. The van der Waals surface area contributed by atoms with Crippen LogP contribution >= 0.6 is 0 Å². The first-order chi connectivity index (χ1) is 8.66. The molecule has 2 rings (SSSR count). The van der Waals surface area contributed by atoms with E-state index < -0.39 is 0 Å². The fourth-order valence-electron chi connectivity index (χ4n) is 3.21. The van der Waals surface area contributed by atoms with Gasteiger partial charge in [-0.05, 0) is 58.9 Å². The van der Waals surface area contributed by atoms with E-state index in [-0.39, 0.29) is 0 Å². The summed E-state index contributed by atoms with van der Waals surface area (Å²) in [5.41, 5.74) is 3.22. The third-order valence-corrected chi connectivity index (χ3v) is 4.31. The highest BCUT2D eigenvalue weighted by molar-refractivity contribution is 5.30. The zero-order valence-electron chi connectivity index (χ0n) is 12.0. The van der Waals surface area contributed by atoms with Gasteiger partial charge < -0.3 is 10.2 Å². The van der Waals surface area contributed by atoms with Crippen LogP contribution in [-0.2, 0) is 5.41 Å². The van der Waals surface area contributed by atoms with Crippen LogP contribution in [0.3, 0.4) is 0 Å². The predicted octanol–water partition coefficient (Wildman–Crippen LogP) is 2.57. The number of likely N-dealkylation sites (tertiary alicyclic amines) is 1. The molecule has 0 spiro atoms. The van der Waals surface area contributed by atoms with E-state index >= 15 is 0 Å². The van der Waals surface area contributed by atoms with E-state index in [1.807, 2.05) is 0 Å². The van der Waals surface area contributed by atoms with E-state index in [0.717, 1.165) is 6.54 Å². The van der Waals surface area contributed by atoms with E-state index in [4.69, 9.17) is 0 Å². The Bertz CT molecular complexity index is 388. The first kappa shape index (κ1) is 13.6. The molecule has 1 aromatic carbocycles.